The molecule has 5 heteroatoms. The zero-order valence-corrected chi connectivity index (χ0v) is 11.7. The van der Waals surface area contributed by atoms with E-state index in [0.717, 1.165) is 36.3 Å². The Morgan fingerprint density at radius 1 is 1.28 bits per heavy atom. The van der Waals surface area contributed by atoms with Gasteiger partial charge in [-0.25, -0.2) is 15.0 Å². The van der Waals surface area contributed by atoms with Gasteiger partial charge in [0.25, 0.3) is 0 Å². The number of imidazole rings is 1. The van der Waals surface area contributed by atoms with Gasteiger partial charge < -0.3 is 4.57 Å². The van der Waals surface area contributed by atoms with Crippen LogP contribution in [0.25, 0.3) is 11.5 Å². The van der Waals surface area contributed by atoms with Crippen molar-refractivity contribution >= 4 is 11.6 Å². The lowest BCUT2D eigenvalue weighted by Gasteiger charge is -2.09. The molecular formula is C13H17ClN4. The minimum atomic E-state index is 0.546. The van der Waals surface area contributed by atoms with Gasteiger partial charge in [0.2, 0.25) is 0 Å². The molecule has 0 atom stereocenters. The molecule has 2 heterocycles. The van der Waals surface area contributed by atoms with Crippen LogP contribution in [0.15, 0.2) is 12.5 Å². The van der Waals surface area contributed by atoms with Gasteiger partial charge in [0.05, 0.1) is 12.5 Å². The smallest absolute Gasteiger partial charge is 0.179 e. The SMILES string of the molecule is CCCn1cncc1-c1nc(C)c(CC)c(Cl)n1. The maximum atomic E-state index is 6.20. The van der Waals surface area contributed by atoms with Crippen LogP contribution in [0.5, 0.6) is 0 Å². The van der Waals surface area contributed by atoms with E-state index in [1.54, 1.807) is 12.5 Å². The topological polar surface area (TPSA) is 43.6 Å². The summed E-state index contributed by atoms with van der Waals surface area (Å²) in [7, 11) is 0. The largest absolute Gasteiger partial charge is 0.328 e. The summed E-state index contributed by atoms with van der Waals surface area (Å²) >= 11 is 6.20. The first kappa shape index (κ1) is 13.0. The Bertz CT molecular complexity index is 525. The van der Waals surface area contributed by atoms with Crippen molar-refractivity contribution in [1.82, 2.24) is 19.5 Å². The van der Waals surface area contributed by atoms with Crippen LogP contribution >= 0.6 is 11.6 Å². The van der Waals surface area contributed by atoms with Crippen molar-refractivity contribution in [2.75, 3.05) is 0 Å². The van der Waals surface area contributed by atoms with E-state index in [1.807, 2.05) is 6.92 Å². The van der Waals surface area contributed by atoms with Crippen LogP contribution in [-0.2, 0) is 13.0 Å². The van der Waals surface area contributed by atoms with Gasteiger partial charge in [-0.1, -0.05) is 25.4 Å². The average Bonchev–Trinajstić information content (AvgIpc) is 2.77. The van der Waals surface area contributed by atoms with Gasteiger partial charge in [-0.2, -0.15) is 0 Å². The van der Waals surface area contributed by atoms with Crippen LogP contribution in [0.3, 0.4) is 0 Å². The summed E-state index contributed by atoms with van der Waals surface area (Å²) in [4.78, 5) is 13.1. The highest BCUT2D eigenvalue weighted by atomic mass is 35.5. The van der Waals surface area contributed by atoms with Crippen molar-refractivity contribution in [3.8, 4) is 11.5 Å². The second-order valence-corrected chi connectivity index (χ2v) is 4.59. The molecule has 0 saturated carbocycles. The summed E-state index contributed by atoms with van der Waals surface area (Å²) in [6.07, 6.45) is 5.48. The summed E-state index contributed by atoms with van der Waals surface area (Å²) in [5.74, 6) is 0.653. The first-order valence-corrected chi connectivity index (χ1v) is 6.58. The second kappa shape index (κ2) is 5.48. The molecule has 0 aliphatic rings. The molecule has 0 spiro atoms. The predicted octanol–water partition coefficient (Wildman–Crippen LogP) is 3.27. The molecular weight excluding hydrogens is 248 g/mol. The second-order valence-electron chi connectivity index (χ2n) is 4.23. The summed E-state index contributed by atoms with van der Waals surface area (Å²) in [5, 5.41) is 0.546. The summed E-state index contributed by atoms with van der Waals surface area (Å²) in [5.41, 5.74) is 2.88. The van der Waals surface area contributed by atoms with Gasteiger partial charge >= 0.3 is 0 Å². The van der Waals surface area contributed by atoms with Gasteiger partial charge in [0.1, 0.15) is 10.8 Å². The Morgan fingerprint density at radius 2 is 2.06 bits per heavy atom. The molecule has 0 aromatic carbocycles. The summed E-state index contributed by atoms with van der Waals surface area (Å²) in [6.45, 7) is 7.06. The van der Waals surface area contributed by atoms with E-state index in [9.17, 15) is 0 Å². The molecule has 0 fully saturated rings. The molecule has 18 heavy (non-hydrogen) atoms. The lowest BCUT2D eigenvalue weighted by molar-refractivity contribution is 0.681. The minimum Gasteiger partial charge on any atom is -0.328 e. The lowest BCUT2D eigenvalue weighted by Crippen LogP contribution is -2.03. The highest BCUT2D eigenvalue weighted by molar-refractivity contribution is 6.30. The Balaban J connectivity index is 2.48. The third kappa shape index (κ3) is 2.38. The first-order valence-electron chi connectivity index (χ1n) is 6.20. The molecule has 2 aromatic heterocycles. The van der Waals surface area contributed by atoms with Gasteiger partial charge in [-0.05, 0) is 19.8 Å². The Kier molecular flexibility index (Phi) is 3.97. The zero-order valence-electron chi connectivity index (χ0n) is 10.9. The molecule has 2 aromatic rings. The monoisotopic (exact) mass is 264 g/mol. The molecule has 2 rings (SSSR count). The Morgan fingerprint density at radius 3 is 2.67 bits per heavy atom. The van der Waals surface area contributed by atoms with E-state index in [1.165, 1.54) is 0 Å². The molecule has 0 bridgehead atoms. The van der Waals surface area contributed by atoms with E-state index in [4.69, 9.17) is 11.6 Å². The maximum absolute atomic E-state index is 6.20. The molecule has 0 saturated heterocycles. The number of hydrogen-bond acceptors (Lipinski definition) is 3. The lowest BCUT2D eigenvalue weighted by atomic mass is 10.2. The van der Waals surface area contributed by atoms with Crippen molar-refractivity contribution in [1.29, 1.82) is 0 Å². The third-order valence-corrected chi connectivity index (χ3v) is 3.24. The highest BCUT2D eigenvalue weighted by Crippen LogP contribution is 2.22. The van der Waals surface area contributed by atoms with E-state index < -0.39 is 0 Å². The fourth-order valence-electron chi connectivity index (χ4n) is 2.00. The van der Waals surface area contributed by atoms with E-state index in [2.05, 4.69) is 33.4 Å². The van der Waals surface area contributed by atoms with Crippen molar-refractivity contribution < 1.29 is 0 Å². The molecule has 0 N–H and O–H groups in total. The van der Waals surface area contributed by atoms with E-state index >= 15 is 0 Å². The number of rotatable bonds is 4. The Hall–Kier alpha value is -1.42. The normalized spacial score (nSPS) is 10.9. The van der Waals surface area contributed by atoms with Crippen LogP contribution in [-0.4, -0.2) is 19.5 Å². The van der Waals surface area contributed by atoms with Crippen molar-refractivity contribution in [2.24, 2.45) is 0 Å². The van der Waals surface area contributed by atoms with Crippen LogP contribution in [0.1, 0.15) is 31.5 Å². The van der Waals surface area contributed by atoms with Crippen LogP contribution in [0.4, 0.5) is 0 Å². The molecule has 0 aliphatic carbocycles. The molecule has 0 radical (unpaired) electrons. The standard InChI is InChI=1S/C13H17ClN4/c1-4-6-18-8-15-7-11(18)13-16-9(3)10(5-2)12(14)17-13/h7-8H,4-6H2,1-3H3. The number of hydrogen-bond donors (Lipinski definition) is 0. The van der Waals surface area contributed by atoms with Gasteiger partial charge in [-0.15, -0.1) is 0 Å². The molecule has 0 amide bonds. The Labute approximate surface area is 112 Å². The van der Waals surface area contributed by atoms with Crippen molar-refractivity contribution in [3.05, 3.63) is 28.9 Å². The fraction of sp³-hybridized carbons (Fsp3) is 0.462. The molecule has 4 nitrogen and oxygen atoms in total. The number of aromatic nitrogens is 4. The predicted molar refractivity (Wildman–Crippen MR) is 72.7 cm³/mol. The van der Waals surface area contributed by atoms with Crippen LogP contribution in [0, 0.1) is 6.92 Å². The molecule has 0 aliphatic heterocycles. The molecule has 96 valence electrons. The van der Waals surface area contributed by atoms with Gasteiger partial charge in [0, 0.05) is 17.8 Å². The number of aryl methyl sites for hydroxylation is 2. The summed E-state index contributed by atoms with van der Waals surface area (Å²) < 4.78 is 2.05. The fourth-order valence-corrected chi connectivity index (χ4v) is 2.35. The van der Waals surface area contributed by atoms with Crippen LogP contribution < -0.4 is 0 Å². The quantitative estimate of drug-likeness (QED) is 0.796. The van der Waals surface area contributed by atoms with Crippen molar-refractivity contribution in [2.45, 2.75) is 40.2 Å². The highest BCUT2D eigenvalue weighted by Gasteiger charge is 2.12. The number of halogens is 1. The summed E-state index contributed by atoms with van der Waals surface area (Å²) in [6, 6.07) is 0. The maximum Gasteiger partial charge on any atom is 0.179 e. The van der Waals surface area contributed by atoms with Gasteiger partial charge in [-0.3, -0.25) is 0 Å². The van der Waals surface area contributed by atoms with E-state index in [-0.39, 0.29) is 0 Å². The van der Waals surface area contributed by atoms with E-state index in [0.29, 0.717) is 11.0 Å². The van der Waals surface area contributed by atoms with Crippen LogP contribution in [0.2, 0.25) is 5.15 Å². The van der Waals surface area contributed by atoms with Crippen molar-refractivity contribution in [3.63, 3.8) is 0 Å². The molecule has 0 unspecified atom stereocenters. The average molecular weight is 265 g/mol. The number of nitrogens with zero attached hydrogens (tertiary/aromatic N) is 4. The third-order valence-electron chi connectivity index (χ3n) is 2.92. The first-order chi connectivity index (χ1) is 8.67. The van der Waals surface area contributed by atoms with Gasteiger partial charge in [0.15, 0.2) is 5.82 Å². The minimum absolute atomic E-state index is 0.546. The zero-order chi connectivity index (χ0) is 13.1.